The molecule has 1 aromatic carbocycles. The minimum absolute atomic E-state index is 0.0204. The Hall–Kier alpha value is -1.20. The summed E-state index contributed by atoms with van der Waals surface area (Å²) in [5, 5.41) is 12.6. The first-order valence-electron chi connectivity index (χ1n) is 6.68. The van der Waals surface area contributed by atoms with Gasteiger partial charge in [-0.2, -0.15) is 8.78 Å². The molecular weight excluding hydrogens is 264 g/mol. The van der Waals surface area contributed by atoms with Crippen molar-refractivity contribution >= 4 is 0 Å². The summed E-state index contributed by atoms with van der Waals surface area (Å²) in [6, 6.07) is 6.51. The van der Waals surface area contributed by atoms with Gasteiger partial charge in [0.2, 0.25) is 0 Å². The summed E-state index contributed by atoms with van der Waals surface area (Å²) in [4.78, 5) is 0. The molecule has 0 heterocycles. The summed E-state index contributed by atoms with van der Waals surface area (Å²) in [7, 11) is 0. The van der Waals surface area contributed by atoms with Crippen molar-refractivity contribution in [3.05, 3.63) is 29.8 Å². The highest BCUT2D eigenvalue weighted by Crippen LogP contribution is 2.21. The number of aliphatic hydroxyl groups is 1. The summed E-state index contributed by atoms with van der Waals surface area (Å²) in [5.41, 5.74) is 1.09. The Morgan fingerprint density at radius 1 is 1.20 bits per heavy atom. The fourth-order valence-electron chi connectivity index (χ4n) is 1.99. The highest BCUT2D eigenvalue weighted by atomic mass is 19.3. The first kappa shape index (κ1) is 16.9. The van der Waals surface area contributed by atoms with Crippen molar-refractivity contribution in [3.8, 4) is 5.75 Å². The molecule has 1 aromatic rings. The molecule has 0 aliphatic rings. The van der Waals surface area contributed by atoms with Crippen LogP contribution in [0.1, 0.15) is 32.8 Å². The molecule has 114 valence electrons. The van der Waals surface area contributed by atoms with Crippen LogP contribution in [0.3, 0.4) is 0 Å². The van der Waals surface area contributed by atoms with E-state index in [1.807, 2.05) is 0 Å². The molecule has 1 unspecified atom stereocenters. The zero-order valence-corrected chi connectivity index (χ0v) is 12.2. The van der Waals surface area contributed by atoms with E-state index in [4.69, 9.17) is 0 Å². The van der Waals surface area contributed by atoms with Gasteiger partial charge >= 0.3 is 6.61 Å². The third kappa shape index (κ3) is 6.82. The third-order valence-electron chi connectivity index (χ3n) is 2.82. The van der Waals surface area contributed by atoms with Gasteiger partial charge in [-0.25, -0.2) is 0 Å². The van der Waals surface area contributed by atoms with Gasteiger partial charge in [0, 0.05) is 12.6 Å². The highest BCUT2D eigenvalue weighted by Gasteiger charge is 2.17. The zero-order valence-electron chi connectivity index (χ0n) is 12.2. The number of hydrogen-bond acceptors (Lipinski definition) is 3. The molecule has 1 atom stereocenters. The number of nitrogens with one attached hydrogen (secondary N) is 1. The summed E-state index contributed by atoms with van der Waals surface area (Å²) >= 11 is 0. The number of alkyl halides is 2. The average Bonchev–Trinajstić information content (AvgIpc) is 2.34. The SMILES string of the molecule is CC(C)(C)CC(CO)NCc1ccc(OC(F)F)cc1. The van der Waals surface area contributed by atoms with Crippen molar-refractivity contribution in [3.63, 3.8) is 0 Å². The molecule has 0 saturated heterocycles. The Bertz CT molecular complexity index is 388. The van der Waals surface area contributed by atoms with E-state index >= 15 is 0 Å². The van der Waals surface area contributed by atoms with E-state index in [1.165, 1.54) is 12.1 Å². The minimum atomic E-state index is -2.80. The summed E-state index contributed by atoms with van der Waals surface area (Å²) in [6.45, 7) is 4.21. The van der Waals surface area contributed by atoms with Crippen molar-refractivity contribution in [2.24, 2.45) is 5.41 Å². The van der Waals surface area contributed by atoms with Crippen molar-refractivity contribution < 1.29 is 18.6 Å². The molecule has 0 aliphatic carbocycles. The van der Waals surface area contributed by atoms with E-state index in [0.29, 0.717) is 6.54 Å². The molecular formula is C15H23F2NO2. The maximum absolute atomic E-state index is 12.0. The van der Waals surface area contributed by atoms with Crippen LogP contribution in [0.15, 0.2) is 24.3 Å². The van der Waals surface area contributed by atoms with E-state index in [-0.39, 0.29) is 23.8 Å². The second-order valence-corrected chi connectivity index (χ2v) is 6.05. The fourth-order valence-corrected chi connectivity index (χ4v) is 1.99. The van der Waals surface area contributed by atoms with E-state index < -0.39 is 6.61 Å². The quantitative estimate of drug-likeness (QED) is 0.809. The maximum Gasteiger partial charge on any atom is 0.387 e. The molecule has 5 heteroatoms. The van der Waals surface area contributed by atoms with Gasteiger partial charge in [0.05, 0.1) is 6.61 Å². The molecule has 0 bridgehead atoms. The van der Waals surface area contributed by atoms with Gasteiger partial charge in [-0.05, 0) is 29.5 Å². The predicted octanol–water partition coefficient (Wildman–Crippen LogP) is 3.17. The van der Waals surface area contributed by atoms with Crippen LogP contribution < -0.4 is 10.1 Å². The zero-order chi connectivity index (χ0) is 15.2. The normalized spacial score (nSPS) is 13.6. The summed E-state index contributed by atoms with van der Waals surface area (Å²) in [6.07, 6.45) is 0.857. The average molecular weight is 287 g/mol. The van der Waals surface area contributed by atoms with E-state index in [1.54, 1.807) is 12.1 Å². The van der Waals surface area contributed by atoms with E-state index in [0.717, 1.165) is 12.0 Å². The van der Waals surface area contributed by atoms with Crippen LogP contribution in [-0.4, -0.2) is 24.4 Å². The number of aliphatic hydroxyl groups excluding tert-OH is 1. The molecule has 2 N–H and O–H groups in total. The lowest BCUT2D eigenvalue weighted by Crippen LogP contribution is -2.35. The molecule has 0 spiro atoms. The van der Waals surface area contributed by atoms with Gasteiger partial charge in [-0.1, -0.05) is 32.9 Å². The summed E-state index contributed by atoms with van der Waals surface area (Å²) < 4.78 is 28.3. The third-order valence-corrected chi connectivity index (χ3v) is 2.82. The smallest absolute Gasteiger partial charge is 0.387 e. The monoisotopic (exact) mass is 287 g/mol. The van der Waals surface area contributed by atoms with Crippen molar-refractivity contribution in [1.29, 1.82) is 0 Å². The Kier molecular flexibility index (Phi) is 6.36. The van der Waals surface area contributed by atoms with Crippen LogP contribution >= 0.6 is 0 Å². The van der Waals surface area contributed by atoms with Crippen molar-refractivity contribution in [2.45, 2.75) is 46.4 Å². The van der Waals surface area contributed by atoms with Gasteiger partial charge in [0.15, 0.2) is 0 Å². The molecule has 0 fully saturated rings. The highest BCUT2D eigenvalue weighted by molar-refractivity contribution is 5.27. The number of ether oxygens (including phenoxy) is 1. The van der Waals surface area contributed by atoms with Gasteiger partial charge in [0.25, 0.3) is 0 Å². The van der Waals surface area contributed by atoms with Crippen LogP contribution in [0, 0.1) is 5.41 Å². The van der Waals surface area contributed by atoms with Crippen molar-refractivity contribution in [2.75, 3.05) is 6.61 Å². The molecule has 0 aliphatic heterocycles. The Labute approximate surface area is 119 Å². The molecule has 0 saturated carbocycles. The Morgan fingerprint density at radius 3 is 2.25 bits per heavy atom. The lowest BCUT2D eigenvalue weighted by atomic mass is 9.88. The second kappa shape index (κ2) is 7.55. The number of benzene rings is 1. The number of hydrogen-bond donors (Lipinski definition) is 2. The van der Waals surface area contributed by atoms with Gasteiger partial charge in [0.1, 0.15) is 5.75 Å². The van der Waals surface area contributed by atoms with Gasteiger partial charge < -0.3 is 15.2 Å². The largest absolute Gasteiger partial charge is 0.435 e. The fraction of sp³-hybridized carbons (Fsp3) is 0.600. The molecule has 0 amide bonds. The lowest BCUT2D eigenvalue weighted by Gasteiger charge is -2.25. The Morgan fingerprint density at radius 2 is 1.80 bits per heavy atom. The topological polar surface area (TPSA) is 41.5 Å². The molecule has 3 nitrogen and oxygen atoms in total. The van der Waals surface area contributed by atoms with Crippen LogP contribution in [-0.2, 0) is 6.54 Å². The van der Waals surface area contributed by atoms with Gasteiger partial charge in [-0.15, -0.1) is 0 Å². The van der Waals surface area contributed by atoms with Crippen LogP contribution in [0.4, 0.5) is 8.78 Å². The molecule has 0 aromatic heterocycles. The van der Waals surface area contributed by atoms with E-state index in [9.17, 15) is 13.9 Å². The predicted molar refractivity (Wildman–Crippen MR) is 74.9 cm³/mol. The van der Waals surface area contributed by atoms with Gasteiger partial charge in [-0.3, -0.25) is 0 Å². The van der Waals surface area contributed by atoms with E-state index in [2.05, 4.69) is 30.8 Å². The molecule has 1 rings (SSSR count). The molecule has 0 radical (unpaired) electrons. The van der Waals surface area contributed by atoms with Crippen molar-refractivity contribution in [1.82, 2.24) is 5.32 Å². The number of rotatable bonds is 7. The van der Waals surface area contributed by atoms with Crippen LogP contribution in [0.5, 0.6) is 5.75 Å². The molecule has 20 heavy (non-hydrogen) atoms. The number of halogens is 2. The lowest BCUT2D eigenvalue weighted by molar-refractivity contribution is -0.0498. The first-order valence-corrected chi connectivity index (χ1v) is 6.68. The second-order valence-electron chi connectivity index (χ2n) is 6.05. The first-order chi connectivity index (χ1) is 9.30. The van der Waals surface area contributed by atoms with Crippen LogP contribution in [0.2, 0.25) is 0 Å². The summed E-state index contributed by atoms with van der Waals surface area (Å²) in [5.74, 6) is 0.150. The van der Waals surface area contributed by atoms with Crippen LogP contribution in [0.25, 0.3) is 0 Å². The minimum Gasteiger partial charge on any atom is -0.435 e. The standard InChI is InChI=1S/C15H23F2NO2/c1-15(2,3)8-12(10-19)18-9-11-4-6-13(7-5-11)20-14(16)17/h4-7,12,14,18-19H,8-10H2,1-3H3. The Balaban J connectivity index is 2.48. The maximum atomic E-state index is 12.0.